The van der Waals surface area contributed by atoms with Crippen LogP contribution in [-0.4, -0.2) is 52.9 Å². The third-order valence-corrected chi connectivity index (χ3v) is 4.87. The first-order chi connectivity index (χ1) is 14.5. The highest BCUT2D eigenvalue weighted by atomic mass is 35.5. The number of likely N-dealkylation sites (N-methyl/N-ethyl adjacent to an activating group) is 1. The molecule has 0 atom stereocenters. The van der Waals surface area contributed by atoms with Gasteiger partial charge in [-0.15, -0.1) is 0 Å². The number of benzene rings is 2. The van der Waals surface area contributed by atoms with Crippen LogP contribution in [0.1, 0.15) is 38.8 Å². The molecule has 0 saturated carbocycles. The Bertz CT molecular complexity index is 807. The van der Waals surface area contributed by atoms with Gasteiger partial charge in [0.05, 0.1) is 6.61 Å². The largest absolute Gasteiger partial charge is 0.478 e. The first-order valence-corrected chi connectivity index (χ1v) is 10.4. The van der Waals surface area contributed by atoms with Crippen molar-refractivity contribution in [2.45, 2.75) is 39.2 Å². The van der Waals surface area contributed by atoms with Crippen LogP contribution < -0.4 is 4.74 Å². The minimum Gasteiger partial charge on any atom is -0.478 e. The normalized spacial score (nSPS) is 11.6. The van der Waals surface area contributed by atoms with Crippen LogP contribution in [0.25, 0.3) is 0 Å². The summed E-state index contributed by atoms with van der Waals surface area (Å²) in [6, 6.07) is 10.4. The maximum atomic E-state index is 14.4. The Morgan fingerprint density at radius 2 is 1.45 bits per heavy atom. The van der Waals surface area contributed by atoms with E-state index in [2.05, 4.69) is 18.7 Å². The molecule has 8 heteroatoms. The zero-order chi connectivity index (χ0) is 23.7. The number of alkyl halides is 2. The molecule has 31 heavy (non-hydrogen) atoms. The van der Waals surface area contributed by atoms with Gasteiger partial charge in [0.15, 0.2) is 5.60 Å². The van der Waals surface area contributed by atoms with Crippen molar-refractivity contribution in [3.63, 3.8) is 0 Å². The quantitative estimate of drug-likeness (QED) is 0.552. The molecule has 0 aliphatic rings. The van der Waals surface area contributed by atoms with Crippen LogP contribution in [0.2, 0.25) is 5.02 Å². The van der Waals surface area contributed by atoms with Crippen LogP contribution in [0.5, 0.6) is 5.75 Å². The van der Waals surface area contributed by atoms with Crippen molar-refractivity contribution in [2.75, 3.05) is 26.2 Å². The van der Waals surface area contributed by atoms with Gasteiger partial charge in [0, 0.05) is 22.7 Å². The summed E-state index contributed by atoms with van der Waals surface area (Å²) < 4.78 is 34.2. The smallest absolute Gasteiger partial charge is 0.347 e. The Labute approximate surface area is 187 Å². The fourth-order valence-corrected chi connectivity index (χ4v) is 2.70. The highest BCUT2D eigenvalue weighted by molar-refractivity contribution is 6.30. The van der Waals surface area contributed by atoms with Crippen molar-refractivity contribution < 1.29 is 28.5 Å². The highest BCUT2D eigenvalue weighted by Gasteiger charge is 2.34. The SMILES string of the molecule is CC(C)(Oc1ccc(C(F)(F)c2ccc(Cl)cc2)cc1)C(=O)O.CCN(CC)CCO. The number of hydrogen-bond donors (Lipinski definition) is 2. The van der Waals surface area contributed by atoms with E-state index in [1.807, 2.05) is 0 Å². The van der Waals surface area contributed by atoms with E-state index in [-0.39, 0.29) is 23.5 Å². The predicted molar refractivity (Wildman–Crippen MR) is 118 cm³/mol. The van der Waals surface area contributed by atoms with Gasteiger partial charge in [0.1, 0.15) is 5.75 Å². The molecule has 0 fully saturated rings. The number of carboxylic acid groups (broad SMARTS) is 1. The van der Waals surface area contributed by atoms with E-state index < -0.39 is 17.5 Å². The molecule has 0 bridgehead atoms. The van der Waals surface area contributed by atoms with E-state index in [0.717, 1.165) is 19.6 Å². The van der Waals surface area contributed by atoms with Gasteiger partial charge < -0.3 is 19.8 Å². The summed E-state index contributed by atoms with van der Waals surface area (Å²) in [5.74, 6) is -4.13. The second-order valence-electron chi connectivity index (χ2n) is 7.27. The van der Waals surface area contributed by atoms with E-state index in [4.69, 9.17) is 26.6 Å². The first-order valence-electron chi connectivity index (χ1n) is 9.97. The molecule has 0 saturated heterocycles. The van der Waals surface area contributed by atoms with Crippen molar-refractivity contribution in [2.24, 2.45) is 0 Å². The second-order valence-corrected chi connectivity index (χ2v) is 7.71. The first kappa shape index (κ1) is 26.8. The summed E-state index contributed by atoms with van der Waals surface area (Å²) in [6.45, 7) is 10.1. The molecule has 0 spiro atoms. The Kier molecular flexibility index (Phi) is 10.4. The monoisotopic (exact) mass is 457 g/mol. The molecule has 0 aromatic heterocycles. The summed E-state index contributed by atoms with van der Waals surface area (Å²) in [5.41, 5.74) is -1.85. The third-order valence-electron chi connectivity index (χ3n) is 4.62. The fourth-order valence-electron chi connectivity index (χ4n) is 2.58. The molecule has 0 heterocycles. The minimum absolute atomic E-state index is 0.179. The molecule has 0 radical (unpaired) electrons. The number of aliphatic carboxylic acids is 1. The molecule has 0 amide bonds. The number of carboxylic acids is 1. The van der Waals surface area contributed by atoms with Crippen LogP contribution in [0, 0.1) is 0 Å². The Hall–Kier alpha value is -2.22. The Morgan fingerprint density at radius 3 is 1.81 bits per heavy atom. The van der Waals surface area contributed by atoms with Crippen LogP contribution in [0.4, 0.5) is 8.78 Å². The van der Waals surface area contributed by atoms with E-state index in [9.17, 15) is 13.6 Å². The zero-order valence-corrected chi connectivity index (χ0v) is 19.0. The van der Waals surface area contributed by atoms with E-state index >= 15 is 0 Å². The van der Waals surface area contributed by atoms with E-state index in [0.29, 0.717) is 5.02 Å². The van der Waals surface area contributed by atoms with Crippen molar-refractivity contribution >= 4 is 17.6 Å². The average Bonchev–Trinajstić information content (AvgIpc) is 2.73. The molecule has 0 aliphatic carbocycles. The molecule has 172 valence electrons. The Morgan fingerprint density at radius 1 is 1.00 bits per heavy atom. The van der Waals surface area contributed by atoms with Gasteiger partial charge in [0.2, 0.25) is 0 Å². The zero-order valence-electron chi connectivity index (χ0n) is 18.2. The molecule has 0 aliphatic heterocycles. The lowest BCUT2D eigenvalue weighted by Gasteiger charge is -2.22. The number of nitrogens with zero attached hydrogens (tertiary/aromatic N) is 1. The van der Waals surface area contributed by atoms with Crippen molar-refractivity contribution in [1.82, 2.24) is 4.90 Å². The lowest BCUT2D eigenvalue weighted by atomic mass is 10.0. The Balaban J connectivity index is 0.000000512. The van der Waals surface area contributed by atoms with E-state index in [1.54, 1.807) is 0 Å². The molecular weight excluding hydrogens is 428 g/mol. The van der Waals surface area contributed by atoms with Crippen molar-refractivity contribution in [1.29, 1.82) is 0 Å². The maximum absolute atomic E-state index is 14.4. The van der Waals surface area contributed by atoms with Crippen LogP contribution >= 0.6 is 11.6 Å². The molecule has 0 unspecified atom stereocenters. The number of aliphatic hydroxyl groups is 1. The van der Waals surface area contributed by atoms with Crippen molar-refractivity contribution in [3.8, 4) is 5.75 Å². The summed E-state index contributed by atoms with van der Waals surface area (Å²) in [7, 11) is 0. The fraction of sp³-hybridized carbons (Fsp3) is 0.435. The molecule has 2 rings (SSSR count). The summed E-state index contributed by atoms with van der Waals surface area (Å²) in [4.78, 5) is 13.2. The predicted octanol–water partition coefficient (Wildman–Crippen LogP) is 5.04. The van der Waals surface area contributed by atoms with Gasteiger partial charge in [-0.05, 0) is 63.3 Å². The number of aliphatic hydroxyl groups excluding tert-OH is 1. The van der Waals surface area contributed by atoms with Crippen LogP contribution in [0.3, 0.4) is 0 Å². The summed E-state index contributed by atoms with van der Waals surface area (Å²) in [5, 5.41) is 17.8. The molecule has 2 aromatic carbocycles. The van der Waals surface area contributed by atoms with Gasteiger partial charge in [-0.1, -0.05) is 37.6 Å². The average molecular weight is 458 g/mol. The summed E-state index contributed by atoms with van der Waals surface area (Å²) >= 11 is 5.71. The highest BCUT2D eigenvalue weighted by Crippen LogP contribution is 2.37. The number of rotatable bonds is 9. The van der Waals surface area contributed by atoms with Crippen LogP contribution in [-0.2, 0) is 10.7 Å². The third kappa shape index (κ3) is 8.09. The van der Waals surface area contributed by atoms with Gasteiger partial charge in [-0.2, -0.15) is 8.78 Å². The van der Waals surface area contributed by atoms with Crippen LogP contribution in [0.15, 0.2) is 48.5 Å². The number of halogens is 3. The molecule has 5 nitrogen and oxygen atoms in total. The molecular formula is C23H30ClF2NO4. The van der Waals surface area contributed by atoms with Gasteiger partial charge >= 0.3 is 5.97 Å². The summed E-state index contributed by atoms with van der Waals surface area (Å²) in [6.07, 6.45) is 0. The lowest BCUT2D eigenvalue weighted by Crippen LogP contribution is -2.37. The number of hydrogen-bond acceptors (Lipinski definition) is 4. The number of ether oxygens (including phenoxy) is 1. The molecule has 2 N–H and O–H groups in total. The second kappa shape index (κ2) is 12.0. The molecule has 2 aromatic rings. The topological polar surface area (TPSA) is 70.0 Å². The lowest BCUT2D eigenvalue weighted by molar-refractivity contribution is -0.152. The van der Waals surface area contributed by atoms with Crippen molar-refractivity contribution in [3.05, 3.63) is 64.7 Å². The van der Waals surface area contributed by atoms with E-state index in [1.165, 1.54) is 62.4 Å². The van der Waals surface area contributed by atoms with Gasteiger partial charge in [0.25, 0.3) is 5.92 Å². The maximum Gasteiger partial charge on any atom is 0.347 e. The van der Waals surface area contributed by atoms with Gasteiger partial charge in [-0.3, -0.25) is 0 Å². The van der Waals surface area contributed by atoms with Gasteiger partial charge in [-0.25, -0.2) is 4.79 Å². The minimum atomic E-state index is -3.19. The number of carbonyl (C=O) groups is 1. The standard InChI is InChI=1S/C17H15ClF2O3.C6H15NO/c1-16(2,15(21)22)23-14-9-5-12(6-10-14)17(19,20)11-3-7-13(18)8-4-11;1-3-7(4-2)5-6-8/h3-10H,1-2H3,(H,21,22);8H,3-6H2,1-2H3.